The summed E-state index contributed by atoms with van der Waals surface area (Å²) in [7, 11) is 0. The number of anilines is 1. The van der Waals surface area contributed by atoms with Crippen LogP contribution in [0.1, 0.15) is 49.3 Å². The number of nitrogens with two attached hydrogens (primary N) is 1. The van der Waals surface area contributed by atoms with Gasteiger partial charge < -0.3 is 20.7 Å². The Hall–Kier alpha value is -4.26. The third-order valence-electron chi connectivity index (χ3n) is 6.28. The average Bonchev–Trinajstić information content (AvgIpc) is 3.67. The highest BCUT2D eigenvalue weighted by atomic mass is 19.4. The van der Waals surface area contributed by atoms with Crippen molar-refractivity contribution in [3.8, 4) is 6.07 Å². The number of carbonyl (C=O) groups is 2. The maximum absolute atomic E-state index is 13.5. The highest BCUT2D eigenvalue weighted by Gasteiger charge is 2.42. The molecule has 0 radical (unpaired) electrons. The van der Waals surface area contributed by atoms with E-state index in [0.29, 0.717) is 11.1 Å². The second-order valence-corrected chi connectivity index (χ2v) is 8.82. The summed E-state index contributed by atoms with van der Waals surface area (Å²) in [6, 6.07) is 12.8. The molecule has 0 saturated heterocycles. The van der Waals surface area contributed by atoms with E-state index in [1.54, 1.807) is 38.1 Å². The normalized spacial score (nSPS) is 17.9. The van der Waals surface area contributed by atoms with Crippen LogP contribution in [0, 0.1) is 11.3 Å². The minimum atomic E-state index is -4.61. The topological polar surface area (TPSA) is 108 Å². The van der Waals surface area contributed by atoms with Crippen LogP contribution in [-0.2, 0) is 20.5 Å². The lowest BCUT2D eigenvalue weighted by Gasteiger charge is -2.37. The molecule has 1 fully saturated rings. The largest absolute Gasteiger partial charge is 0.463 e. The second kappa shape index (κ2) is 10.0. The molecule has 0 bridgehead atoms. The number of carbonyl (C=O) groups excluding carboxylic acids is 2. The Balaban J connectivity index is 1.96. The molecule has 4 rings (SSSR count). The number of allylic oxidation sites excluding steroid dienone is 1. The monoisotopic (exact) mass is 510 g/mol. The fourth-order valence-electron chi connectivity index (χ4n) is 4.37. The Morgan fingerprint density at radius 2 is 1.84 bits per heavy atom. The van der Waals surface area contributed by atoms with Gasteiger partial charge in [0, 0.05) is 17.4 Å². The summed E-state index contributed by atoms with van der Waals surface area (Å²) in [6.45, 7) is 3.22. The number of nitriles is 1. The Kier molecular flexibility index (Phi) is 6.99. The molecule has 1 atom stereocenters. The Bertz CT molecular complexity index is 1340. The Morgan fingerprint density at radius 1 is 1.16 bits per heavy atom. The number of amides is 1. The first kappa shape index (κ1) is 25.8. The van der Waals surface area contributed by atoms with Crippen molar-refractivity contribution in [2.75, 3.05) is 11.5 Å². The lowest BCUT2D eigenvalue weighted by Crippen LogP contribution is -2.42. The van der Waals surface area contributed by atoms with Crippen molar-refractivity contribution in [3.05, 3.63) is 87.9 Å². The number of nitrogens with zero attached hydrogens (tertiary/aromatic N) is 2. The van der Waals surface area contributed by atoms with E-state index in [4.69, 9.17) is 10.5 Å². The number of alkyl halides is 3. The lowest BCUT2D eigenvalue weighted by atomic mass is 9.80. The second-order valence-electron chi connectivity index (χ2n) is 8.82. The first-order valence-corrected chi connectivity index (χ1v) is 11.7. The molecular formula is C27H25F3N4O3. The zero-order valence-electron chi connectivity index (χ0n) is 20.2. The lowest BCUT2D eigenvalue weighted by molar-refractivity contribution is -0.139. The molecule has 1 amide bonds. The minimum absolute atomic E-state index is 0.0164. The van der Waals surface area contributed by atoms with Gasteiger partial charge >= 0.3 is 12.1 Å². The number of nitrogens with one attached hydrogen (secondary N) is 1. The van der Waals surface area contributed by atoms with E-state index in [2.05, 4.69) is 5.32 Å². The molecule has 1 unspecified atom stereocenters. The van der Waals surface area contributed by atoms with Crippen molar-refractivity contribution < 1.29 is 27.5 Å². The van der Waals surface area contributed by atoms with Gasteiger partial charge in [-0.1, -0.05) is 18.2 Å². The summed E-state index contributed by atoms with van der Waals surface area (Å²) < 4.78 is 45.8. The fraction of sp³-hybridized carbons (Fsp3) is 0.296. The van der Waals surface area contributed by atoms with Gasteiger partial charge in [-0.3, -0.25) is 4.79 Å². The van der Waals surface area contributed by atoms with Gasteiger partial charge in [0.05, 0.1) is 40.9 Å². The number of hydrogen-bond acceptors (Lipinski definition) is 6. The van der Waals surface area contributed by atoms with Crippen LogP contribution in [0.4, 0.5) is 18.9 Å². The van der Waals surface area contributed by atoms with Crippen LogP contribution in [0.5, 0.6) is 0 Å². The van der Waals surface area contributed by atoms with E-state index in [0.717, 1.165) is 25.0 Å². The third-order valence-corrected chi connectivity index (χ3v) is 6.28. The van der Waals surface area contributed by atoms with E-state index in [9.17, 15) is 28.0 Å². The maximum Gasteiger partial charge on any atom is 0.416 e. The van der Waals surface area contributed by atoms with Crippen molar-refractivity contribution in [2.45, 2.75) is 44.8 Å². The summed E-state index contributed by atoms with van der Waals surface area (Å²) in [4.78, 5) is 28.1. The molecule has 192 valence electrons. The van der Waals surface area contributed by atoms with Crippen molar-refractivity contribution in [2.24, 2.45) is 5.73 Å². The predicted molar refractivity (Wildman–Crippen MR) is 130 cm³/mol. The van der Waals surface area contributed by atoms with Crippen molar-refractivity contribution >= 4 is 17.6 Å². The van der Waals surface area contributed by atoms with E-state index in [1.165, 1.54) is 17.0 Å². The number of ether oxygens (including phenoxy) is 1. The molecule has 2 aromatic carbocycles. The molecule has 1 saturated carbocycles. The van der Waals surface area contributed by atoms with Crippen LogP contribution >= 0.6 is 0 Å². The summed E-state index contributed by atoms with van der Waals surface area (Å²) in [5, 5.41) is 12.1. The molecule has 0 aromatic heterocycles. The maximum atomic E-state index is 13.5. The van der Waals surface area contributed by atoms with Crippen LogP contribution in [0.25, 0.3) is 0 Å². The fourth-order valence-corrected chi connectivity index (χ4v) is 4.37. The van der Waals surface area contributed by atoms with Crippen LogP contribution in [0.15, 0.2) is 71.2 Å². The van der Waals surface area contributed by atoms with Gasteiger partial charge in [0.2, 0.25) is 0 Å². The summed E-state index contributed by atoms with van der Waals surface area (Å²) in [5.41, 5.74) is 6.89. The van der Waals surface area contributed by atoms with Crippen molar-refractivity contribution in [1.29, 1.82) is 5.26 Å². The molecule has 1 aliphatic heterocycles. The van der Waals surface area contributed by atoms with Gasteiger partial charge in [-0.05, 0) is 62.6 Å². The summed E-state index contributed by atoms with van der Waals surface area (Å²) in [6.07, 6.45) is -3.03. The predicted octanol–water partition coefficient (Wildman–Crippen LogP) is 4.47. The number of halogens is 3. The molecule has 0 spiro atoms. The molecule has 2 aromatic rings. The Morgan fingerprint density at radius 3 is 2.41 bits per heavy atom. The van der Waals surface area contributed by atoms with Crippen molar-refractivity contribution in [3.63, 3.8) is 0 Å². The minimum Gasteiger partial charge on any atom is -0.463 e. The van der Waals surface area contributed by atoms with Gasteiger partial charge in [-0.25, -0.2) is 4.79 Å². The van der Waals surface area contributed by atoms with Gasteiger partial charge in [-0.2, -0.15) is 18.4 Å². The molecule has 37 heavy (non-hydrogen) atoms. The molecule has 1 heterocycles. The van der Waals surface area contributed by atoms with Gasteiger partial charge in [-0.15, -0.1) is 0 Å². The van der Waals surface area contributed by atoms with E-state index in [-0.39, 0.29) is 41.0 Å². The van der Waals surface area contributed by atoms with E-state index in [1.807, 2.05) is 6.07 Å². The molecule has 1 aliphatic carbocycles. The number of rotatable bonds is 6. The molecule has 2 aliphatic rings. The molecule has 3 N–H and O–H groups in total. The summed E-state index contributed by atoms with van der Waals surface area (Å²) in [5.74, 6) is -2.32. The Labute approximate surface area is 212 Å². The van der Waals surface area contributed by atoms with Gasteiger partial charge in [0.25, 0.3) is 5.91 Å². The van der Waals surface area contributed by atoms with Crippen LogP contribution in [0.3, 0.4) is 0 Å². The zero-order chi connectivity index (χ0) is 26.9. The van der Waals surface area contributed by atoms with Gasteiger partial charge in [0.15, 0.2) is 0 Å². The molecule has 10 heteroatoms. The number of esters is 1. The molecule has 7 nitrogen and oxygen atoms in total. The smallest absolute Gasteiger partial charge is 0.416 e. The average molecular weight is 511 g/mol. The quantitative estimate of drug-likeness (QED) is 0.556. The van der Waals surface area contributed by atoms with Crippen LogP contribution in [0.2, 0.25) is 0 Å². The highest BCUT2D eigenvalue weighted by molar-refractivity contribution is 6.03. The third kappa shape index (κ3) is 5.16. The van der Waals surface area contributed by atoms with E-state index < -0.39 is 29.5 Å². The van der Waals surface area contributed by atoms with Crippen LogP contribution in [-0.4, -0.2) is 24.5 Å². The van der Waals surface area contributed by atoms with Crippen LogP contribution < -0.4 is 16.0 Å². The first-order valence-electron chi connectivity index (χ1n) is 11.7. The molecular weight excluding hydrogens is 485 g/mol. The number of hydrogen-bond donors (Lipinski definition) is 2. The SMILES string of the molecule is CCOC(=O)C1=C(C)N(c2cccc(C(F)(F)F)c2)C(N)=C(C(=O)NC2CC2)C1c1ccc(C#N)cc1. The van der Waals surface area contributed by atoms with Crippen molar-refractivity contribution in [1.82, 2.24) is 5.32 Å². The van der Waals surface area contributed by atoms with E-state index >= 15 is 0 Å². The highest BCUT2D eigenvalue weighted by Crippen LogP contribution is 2.44. The first-order chi connectivity index (χ1) is 17.6. The van der Waals surface area contributed by atoms with Gasteiger partial charge in [0.1, 0.15) is 5.82 Å². The number of benzene rings is 2. The summed E-state index contributed by atoms with van der Waals surface area (Å²) >= 11 is 0. The standard InChI is InChI=1S/C27H25F3N4O3/c1-3-37-26(36)21-15(2)34(20-6-4-5-18(13-20)27(28,29)30)24(32)23(25(35)33-19-11-12-19)22(21)17-9-7-16(14-31)8-10-17/h4-10,13,19,22H,3,11-12,32H2,1-2H3,(H,33,35). The zero-order valence-corrected chi connectivity index (χ0v) is 20.2.